The number of rotatable bonds is 5. The first-order chi connectivity index (χ1) is 12.7. The fourth-order valence-corrected chi connectivity index (χ4v) is 3.29. The largest absolute Gasteiger partial charge is 0.487 e. The molecule has 2 aliphatic heterocycles. The van der Waals surface area contributed by atoms with Crippen molar-refractivity contribution in [3.05, 3.63) is 64.7 Å². The van der Waals surface area contributed by atoms with Crippen molar-refractivity contribution in [2.24, 2.45) is 10.4 Å². The first-order valence-corrected chi connectivity index (χ1v) is 9.16. The van der Waals surface area contributed by atoms with E-state index in [-0.39, 0.29) is 5.41 Å². The highest BCUT2D eigenvalue weighted by atomic mass is 35.5. The van der Waals surface area contributed by atoms with Gasteiger partial charge in [0.15, 0.2) is 5.96 Å². The molecule has 2 N–H and O–H groups in total. The maximum atomic E-state index is 6.16. The highest BCUT2D eigenvalue weighted by Gasteiger charge is 2.40. The van der Waals surface area contributed by atoms with Crippen LogP contribution in [0.1, 0.15) is 11.1 Å². The maximum Gasteiger partial charge on any atom is 0.191 e. The number of benzene rings is 2. The van der Waals surface area contributed by atoms with Crippen LogP contribution in [-0.4, -0.2) is 32.3 Å². The fourth-order valence-electron chi connectivity index (χ4n) is 3.10. The third-order valence-electron chi connectivity index (χ3n) is 4.80. The van der Waals surface area contributed by atoms with E-state index >= 15 is 0 Å². The highest BCUT2D eigenvalue weighted by molar-refractivity contribution is 6.32. The predicted octanol–water partition coefficient (Wildman–Crippen LogP) is 2.98. The molecule has 0 saturated carbocycles. The van der Waals surface area contributed by atoms with E-state index in [1.54, 1.807) is 0 Å². The Morgan fingerprint density at radius 1 is 1.12 bits per heavy atom. The molecule has 4 rings (SSSR count). The van der Waals surface area contributed by atoms with E-state index in [1.165, 1.54) is 5.56 Å². The van der Waals surface area contributed by atoms with Crippen molar-refractivity contribution < 1.29 is 9.47 Å². The molecule has 0 aliphatic carbocycles. The van der Waals surface area contributed by atoms with E-state index < -0.39 is 0 Å². The number of ether oxygens (including phenoxy) is 2. The Morgan fingerprint density at radius 2 is 1.88 bits per heavy atom. The second kappa shape index (κ2) is 7.56. The maximum absolute atomic E-state index is 6.16. The standard InChI is InChI=1S/C20H22ClN3O2/c21-17-7-3-4-8-18(17)26-10-16-6-2-1-5-15(16)9-22-19-23-11-20(12-24-19)13-25-14-20/h1-8H,9-14H2,(H2,22,23,24). The second-order valence-electron chi connectivity index (χ2n) is 6.85. The lowest BCUT2D eigenvalue weighted by atomic mass is 9.85. The zero-order chi connectivity index (χ0) is 17.8. The minimum Gasteiger partial charge on any atom is -0.487 e. The zero-order valence-corrected chi connectivity index (χ0v) is 15.3. The lowest BCUT2D eigenvalue weighted by Gasteiger charge is -2.43. The molecule has 0 aromatic heterocycles. The molecule has 2 aromatic carbocycles. The van der Waals surface area contributed by atoms with Gasteiger partial charge >= 0.3 is 0 Å². The minimum absolute atomic E-state index is 0.214. The van der Waals surface area contributed by atoms with E-state index in [0.29, 0.717) is 23.9 Å². The Labute approximate surface area is 158 Å². The third kappa shape index (κ3) is 3.79. The number of nitrogens with zero attached hydrogens (tertiary/aromatic N) is 1. The summed E-state index contributed by atoms with van der Waals surface area (Å²) < 4.78 is 11.2. The van der Waals surface area contributed by atoms with Crippen molar-refractivity contribution in [3.8, 4) is 5.75 Å². The molecule has 0 atom stereocenters. The summed E-state index contributed by atoms with van der Waals surface area (Å²) in [6.45, 7) is 4.51. The molecule has 2 aromatic rings. The number of hydrogen-bond acceptors (Lipinski definition) is 5. The van der Waals surface area contributed by atoms with Gasteiger partial charge in [-0.05, 0) is 23.3 Å². The number of halogens is 1. The molecule has 6 heteroatoms. The van der Waals surface area contributed by atoms with Gasteiger partial charge in [0.1, 0.15) is 12.4 Å². The smallest absolute Gasteiger partial charge is 0.191 e. The summed E-state index contributed by atoms with van der Waals surface area (Å²) in [5.41, 5.74) is 2.52. The van der Waals surface area contributed by atoms with E-state index in [0.717, 1.165) is 37.8 Å². The topological polar surface area (TPSA) is 54.9 Å². The number of guanidine groups is 1. The Hall–Kier alpha value is -2.24. The second-order valence-corrected chi connectivity index (χ2v) is 7.26. The summed E-state index contributed by atoms with van der Waals surface area (Å²) in [5, 5.41) is 7.39. The van der Waals surface area contributed by atoms with Gasteiger partial charge in [-0.2, -0.15) is 0 Å². The monoisotopic (exact) mass is 371 g/mol. The molecule has 0 bridgehead atoms. The van der Waals surface area contributed by atoms with E-state index in [9.17, 15) is 0 Å². The summed E-state index contributed by atoms with van der Waals surface area (Å²) in [5.74, 6) is 1.55. The van der Waals surface area contributed by atoms with Crippen molar-refractivity contribution in [1.29, 1.82) is 0 Å². The molecule has 2 heterocycles. The summed E-state index contributed by atoms with van der Waals surface area (Å²) in [6, 6.07) is 15.7. The summed E-state index contributed by atoms with van der Waals surface area (Å²) in [7, 11) is 0. The first kappa shape index (κ1) is 17.2. The molecule has 136 valence electrons. The van der Waals surface area contributed by atoms with Gasteiger partial charge in [-0.25, -0.2) is 0 Å². The van der Waals surface area contributed by atoms with Crippen LogP contribution in [0, 0.1) is 5.41 Å². The molecule has 1 fully saturated rings. The number of aliphatic imine (C=N–C) groups is 1. The van der Waals surface area contributed by atoms with Crippen LogP contribution in [0.5, 0.6) is 5.75 Å². The van der Waals surface area contributed by atoms with Crippen LogP contribution in [0.4, 0.5) is 0 Å². The van der Waals surface area contributed by atoms with Crippen LogP contribution in [0.2, 0.25) is 5.02 Å². The summed E-state index contributed by atoms with van der Waals surface area (Å²) in [6.07, 6.45) is 0. The van der Waals surface area contributed by atoms with Gasteiger partial charge in [-0.1, -0.05) is 48.0 Å². The molecule has 5 nitrogen and oxygen atoms in total. The minimum atomic E-state index is 0.214. The van der Waals surface area contributed by atoms with Gasteiger partial charge < -0.3 is 20.1 Å². The van der Waals surface area contributed by atoms with Crippen molar-refractivity contribution in [2.45, 2.75) is 13.2 Å². The lowest BCUT2D eigenvalue weighted by Crippen LogP contribution is -2.57. The van der Waals surface area contributed by atoms with Crippen LogP contribution in [0.25, 0.3) is 0 Å². The molecule has 1 spiro atoms. The first-order valence-electron chi connectivity index (χ1n) is 8.78. The van der Waals surface area contributed by atoms with Crippen LogP contribution >= 0.6 is 11.6 Å². The molecule has 0 radical (unpaired) electrons. The van der Waals surface area contributed by atoms with Crippen molar-refractivity contribution in [1.82, 2.24) is 10.6 Å². The summed E-state index contributed by atoms with van der Waals surface area (Å²) >= 11 is 6.16. The van der Waals surface area contributed by atoms with Gasteiger partial charge in [0.25, 0.3) is 0 Å². The molecule has 0 amide bonds. The fraction of sp³-hybridized carbons (Fsp3) is 0.350. The van der Waals surface area contributed by atoms with Gasteiger partial charge in [0.2, 0.25) is 0 Å². The molecule has 2 aliphatic rings. The van der Waals surface area contributed by atoms with Gasteiger partial charge in [-0.15, -0.1) is 0 Å². The molecule has 1 saturated heterocycles. The van der Waals surface area contributed by atoms with Crippen molar-refractivity contribution in [2.75, 3.05) is 26.3 Å². The number of hydrogen-bond donors (Lipinski definition) is 2. The van der Waals surface area contributed by atoms with E-state index in [1.807, 2.05) is 36.4 Å². The Morgan fingerprint density at radius 3 is 2.58 bits per heavy atom. The molecular weight excluding hydrogens is 350 g/mol. The average molecular weight is 372 g/mol. The lowest BCUT2D eigenvalue weighted by molar-refractivity contribution is -0.104. The Bertz CT molecular complexity index is 805. The SMILES string of the molecule is Clc1ccccc1OCc1ccccc1CNC1=NCC2(CN1)COC2. The zero-order valence-electron chi connectivity index (χ0n) is 14.5. The van der Waals surface area contributed by atoms with Crippen molar-refractivity contribution >= 4 is 17.6 Å². The van der Waals surface area contributed by atoms with Crippen LogP contribution < -0.4 is 15.4 Å². The normalized spacial score (nSPS) is 17.8. The summed E-state index contributed by atoms with van der Waals surface area (Å²) in [4.78, 5) is 4.62. The molecule has 26 heavy (non-hydrogen) atoms. The van der Waals surface area contributed by atoms with Crippen molar-refractivity contribution in [3.63, 3.8) is 0 Å². The molecular formula is C20H22ClN3O2. The third-order valence-corrected chi connectivity index (χ3v) is 5.12. The van der Waals surface area contributed by atoms with Gasteiger partial charge in [-0.3, -0.25) is 4.99 Å². The van der Waals surface area contributed by atoms with Gasteiger partial charge in [0, 0.05) is 13.1 Å². The van der Waals surface area contributed by atoms with E-state index in [4.69, 9.17) is 21.1 Å². The Kier molecular flexibility index (Phi) is 5.00. The van der Waals surface area contributed by atoms with Crippen LogP contribution in [0.15, 0.2) is 53.5 Å². The van der Waals surface area contributed by atoms with Crippen LogP contribution in [-0.2, 0) is 17.9 Å². The predicted molar refractivity (Wildman–Crippen MR) is 103 cm³/mol. The average Bonchev–Trinajstić information content (AvgIpc) is 2.65. The number of para-hydroxylation sites is 1. The number of nitrogens with one attached hydrogen (secondary N) is 2. The van der Waals surface area contributed by atoms with Crippen LogP contribution in [0.3, 0.4) is 0 Å². The van der Waals surface area contributed by atoms with Gasteiger partial charge in [0.05, 0.1) is 30.2 Å². The van der Waals surface area contributed by atoms with E-state index in [2.05, 4.69) is 27.8 Å². The Balaban J connectivity index is 1.36. The quantitative estimate of drug-likeness (QED) is 0.848. The molecule has 0 unspecified atom stereocenters. The highest BCUT2D eigenvalue weighted by Crippen LogP contribution is 2.28.